The van der Waals surface area contributed by atoms with Crippen LogP contribution < -0.4 is 14.9 Å². The molecule has 0 aliphatic heterocycles. The number of halogens is 1. The summed E-state index contributed by atoms with van der Waals surface area (Å²) in [5, 5.41) is 6.19. The molecule has 0 heterocycles. The van der Waals surface area contributed by atoms with Gasteiger partial charge in [-0.25, -0.2) is 5.43 Å². The predicted octanol–water partition coefficient (Wildman–Crippen LogP) is 4.92. The molecule has 3 aromatic carbocycles. The molecule has 3 aromatic rings. The van der Waals surface area contributed by atoms with Crippen LogP contribution in [0, 0.1) is 0 Å². The molecule has 0 aliphatic carbocycles. The Morgan fingerprint density at radius 2 is 1.89 bits per heavy atom. The van der Waals surface area contributed by atoms with Gasteiger partial charge >= 0.3 is 0 Å². The Balaban J connectivity index is 1.55. The molecule has 5 nitrogen and oxygen atoms in total. The van der Waals surface area contributed by atoms with E-state index in [1.54, 1.807) is 6.21 Å². The van der Waals surface area contributed by atoms with Crippen molar-refractivity contribution in [3.63, 3.8) is 0 Å². The highest BCUT2D eigenvalue weighted by Gasteiger charge is 2.05. The molecular weight excluding hydrogens is 420 g/mol. The van der Waals surface area contributed by atoms with Crippen LogP contribution in [0.15, 0.2) is 70.2 Å². The Kier molecular flexibility index (Phi) is 7.03. The van der Waals surface area contributed by atoms with Gasteiger partial charge in [-0.2, -0.15) is 5.10 Å². The second kappa shape index (κ2) is 9.90. The zero-order valence-electron chi connectivity index (χ0n) is 15.5. The fourth-order valence-corrected chi connectivity index (χ4v) is 2.95. The summed E-state index contributed by atoms with van der Waals surface area (Å²) >= 11 is 3.43. The molecule has 0 saturated carbocycles. The first-order chi connectivity index (χ1) is 13.7. The number of carbonyl (C=O) groups is 1. The quantitative estimate of drug-likeness (QED) is 0.399. The van der Waals surface area contributed by atoms with Crippen LogP contribution in [0.1, 0.15) is 18.9 Å². The van der Waals surface area contributed by atoms with Crippen molar-refractivity contribution in [1.82, 2.24) is 5.43 Å². The van der Waals surface area contributed by atoms with Gasteiger partial charge in [0.05, 0.1) is 12.8 Å². The minimum Gasteiger partial charge on any atom is -0.493 e. The molecule has 144 valence electrons. The number of benzene rings is 3. The third-order valence-corrected chi connectivity index (χ3v) is 4.41. The van der Waals surface area contributed by atoms with Crippen LogP contribution in [0.5, 0.6) is 11.5 Å². The van der Waals surface area contributed by atoms with Crippen molar-refractivity contribution in [3.8, 4) is 11.5 Å². The molecule has 1 N–H and O–H groups in total. The highest BCUT2D eigenvalue weighted by Crippen LogP contribution is 2.22. The van der Waals surface area contributed by atoms with E-state index in [-0.39, 0.29) is 12.5 Å². The molecule has 0 unspecified atom stereocenters. The number of amides is 1. The summed E-state index contributed by atoms with van der Waals surface area (Å²) in [6, 6.07) is 19.3. The van der Waals surface area contributed by atoms with E-state index in [0.29, 0.717) is 12.4 Å². The van der Waals surface area contributed by atoms with Gasteiger partial charge in [-0.15, -0.1) is 0 Å². The minimum atomic E-state index is -0.338. The molecule has 0 fully saturated rings. The van der Waals surface area contributed by atoms with Gasteiger partial charge in [0.15, 0.2) is 6.61 Å². The van der Waals surface area contributed by atoms with Crippen LogP contribution in [-0.2, 0) is 4.79 Å². The number of carbonyl (C=O) groups excluding carboxylic acids is 1. The Morgan fingerprint density at radius 1 is 1.07 bits per heavy atom. The molecule has 3 rings (SSSR count). The largest absolute Gasteiger partial charge is 0.493 e. The maximum Gasteiger partial charge on any atom is 0.277 e. The summed E-state index contributed by atoms with van der Waals surface area (Å²) < 4.78 is 12.2. The van der Waals surface area contributed by atoms with Gasteiger partial charge in [0.2, 0.25) is 0 Å². The lowest BCUT2D eigenvalue weighted by atomic mass is 10.1. The maximum absolute atomic E-state index is 12.0. The van der Waals surface area contributed by atoms with Crippen molar-refractivity contribution in [2.45, 2.75) is 13.3 Å². The molecule has 0 atom stereocenters. The second-order valence-electron chi connectivity index (χ2n) is 6.12. The first-order valence-corrected chi connectivity index (χ1v) is 9.81. The number of rotatable bonds is 8. The number of fused-ring (bicyclic) bond motifs is 1. The average Bonchev–Trinajstić information content (AvgIpc) is 2.71. The topological polar surface area (TPSA) is 59.9 Å². The van der Waals surface area contributed by atoms with Gasteiger partial charge in [-0.1, -0.05) is 53.2 Å². The molecule has 1 amide bonds. The van der Waals surface area contributed by atoms with Gasteiger partial charge in [0, 0.05) is 10.0 Å². The van der Waals surface area contributed by atoms with Gasteiger partial charge in [-0.05, 0) is 47.5 Å². The van der Waals surface area contributed by atoms with E-state index in [1.807, 2.05) is 67.6 Å². The van der Waals surface area contributed by atoms with E-state index >= 15 is 0 Å². The fraction of sp³-hybridized carbons (Fsp3) is 0.182. The van der Waals surface area contributed by atoms with E-state index in [1.165, 1.54) is 0 Å². The Labute approximate surface area is 172 Å². The predicted molar refractivity (Wildman–Crippen MR) is 115 cm³/mol. The van der Waals surface area contributed by atoms with Crippen LogP contribution in [0.25, 0.3) is 10.8 Å². The molecule has 0 aromatic heterocycles. The van der Waals surface area contributed by atoms with E-state index in [4.69, 9.17) is 9.47 Å². The van der Waals surface area contributed by atoms with Crippen LogP contribution in [-0.4, -0.2) is 25.3 Å². The lowest BCUT2D eigenvalue weighted by Gasteiger charge is -2.08. The molecule has 6 heteroatoms. The SMILES string of the molecule is CCCOc1ccc(Br)cc1C=NNC(=O)COc1ccc2ccccc2c1. The van der Waals surface area contributed by atoms with Crippen molar-refractivity contribution in [1.29, 1.82) is 0 Å². The highest BCUT2D eigenvalue weighted by atomic mass is 79.9. The number of nitrogens with one attached hydrogen (secondary N) is 1. The van der Waals surface area contributed by atoms with Gasteiger partial charge in [0.1, 0.15) is 11.5 Å². The van der Waals surface area contributed by atoms with E-state index in [0.717, 1.165) is 33.0 Å². The lowest BCUT2D eigenvalue weighted by molar-refractivity contribution is -0.123. The van der Waals surface area contributed by atoms with Crippen molar-refractivity contribution in [2.75, 3.05) is 13.2 Å². The molecule has 0 spiro atoms. The Hall–Kier alpha value is -2.86. The van der Waals surface area contributed by atoms with Crippen molar-refractivity contribution in [3.05, 3.63) is 70.7 Å². The molecular formula is C22H21BrN2O3. The summed E-state index contributed by atoms with van der Waals surface area (Å²) in [6.07, 6.45) is 2.47. The molecule has 0 radical (unpaired) electrons. The Morgan fingerprint density at radius 3 is 2.71 bits per heavy atom. The molecule has 0 saturated heterocycles. The third-order valence-electron chi connectivity index (χ3n) is 3.92. The summed E-state index contributed by atoms with van der Waals surface area (Å²) in [7, 11) is 0. The van der Waals surface area contributed by atoms with Gasteiger partial charge in [0.25, 0.3) is 5.91 Å². The van der Waals surface area contributed by atoms with E-state index in [2.05, 4.69) is 26.5 Å². The summed E-state index contributed by atoms with van der Waals surface area (Å²) in [4.78, 5) is 12.0. The average molecular weight is 441 g/mol. The lowest BCUT2D eigenvalue weighted by Crippen LogP contribution is -2.24. The van der Waals surface area contributed by atoms with Gasteiger partial charge < -0.3 is 9.47 Å². The number of hydrogen-bond donors (Lipinski definition) is 1. The smallest absolute Gasteiger partial charge is 0.277 e. The van der Waals surface area contributed by atoms with E-state index in [9.17, 15) is 4.79 Å². The zero-order chi connectivity index (χ0) is 19.8. The minimum absolute atomic E-state index is 0.118. The first kappa shape index (κ1) is 19.9. The van der Waals surface area contributed by atoms with Crippen LogP contribution in [0.3, 0.4) is 0 Å². The van der Waals surface area contributed by atoms with Gasteiger partial charge in [-0.3, -0.25) is 4.79 Å². The highest BCUT2D eigenvalue weighted by molar-refractivity contribution is 9.10. The molecule has 0 aliphatic rings. The standard InChI is InChI=1S/C22H21BrN2O3/c1-2-11-27-21-10-8-19(23)12-18(21)14-24-25-22(26)15-28-20-9-7-16-5-3-4-6-17(16)13-20/h3-10,12-14H,2,11,15H2,1H3,(H,25,26). The summed E-state index contributed by atoms with van der Waals surface area (Å²) in [6.45, 7) is 2.55. The third kappa shape index (κ3) is 5.57. The van der Waals surface area contributed by atoms with Crippen LogP contribution in [0.2, 0.25) is 0 Å². The maximum atomic E-state index is 12.0. The van der Waals surface area contributed by atoms with Crippen molar-refractivity contribution in [2.24, 2.45) is 5.10 Å². The number of hydrazone groups is 1. The van der Waals surface area contributed by atoms with Crippen LogP contribution in [0.4, 0.5) is 0 Å². The summed E-state index contributed by atoms with van der Waals surface area (Å²) in [5.41, 5.74) is 3.25. The van der Waals surface area contributed by atoms with Crippen molar-refractivity contribution < 1.29 is 14.3 Å². The monoisotopic (exact) mass is 440 g/mol. The molecule has 28 heavy (non-hydrogen) atoms. The van der Waals surface area contributed by atoms with Crippen LogP contribution >= 0.6 is 15.9 Å². The normalized spacial score (nSPS) is 10.9. The van der Waals surface area contributed by atoms with Crippen molar-refractivity contribution >= 4 is 38.8 Å². The molecule has 0 bridgehead atoms. The van der Waals surface area contributed by atoms with E-state index < -0.39 is 0 Å². The number of nitrogens with zero attached hydrogens (tertiary/aromatic N) is 1. The number of hydrogen-bond acceptors (Lipinski definition) is 4. The summed E-state index contributed by atoms with van der Waals surface area (Å²) in [5.74, 6) is 1.02. The second-order valence-corrected chi connectivity index (χ2v) is 7.04. The Bertz CT molecular complexity index is 988. The zero-order valence-corrected chi connectivity index (χ0v) is 17.1. The number of ether oxygens (including phenoxy) is 2. The fourth-order valence-electron chi connectivity index (χ4n) is 2.58. The first-order valence-electron chi connectivity index (χ1n) is 9.01.